The Balaban J connectivity index is 0.00000300. The summed E-state index contributed by atoms with van der Waals surface area (Å²) < 4.78 is 11.9. The van der Waals surface area contributed by atoms with Crippen molar-refractivity contribution < 1.29 is 9.47 Å². The molecule has 2 fully saturated rings. The third-order valence-corrected chi connectivity index (χ3v) is 5.77. The van der Waals surface area contributed by atoms with E-state index in [2.05, 4.69) is 48.3 Å². The van der Waals surface area contributed by atoms with Crippen LogP contribution in [0.3, 0.4) is 0 Å². The number of likely N-dealkylation sites (tertiary alicyclic amines) is 1. The molecular formula is C23H38IN3O2. The summed E-state index contributed by atoms with van der Waals surface area (Å²) in [7, 11) is 0. The van der Waals surface area contributed by atoms with Crippen molar-refractivity contribution in [1.29, 1.82) is 0 Å². The molecule has 1 N–H and O–H groups in total. The second kappa shape index (κ2) is 13.4. The van der Waals surface area contributed by atoms with Crippen LogP contribution in [0.2, 0.25) is 0 Å². The summed E-state index contributed by atoms with van der Waals surface area (Å²) in [5, 5.41) is 3.47. The van der Waals surface area contributed by atoms with Crippen LogP contribution < -0.4 is 5.32 Å². The van der Waals surface area contributed by atoms with Crippen molar-refractivity contribution in [2.75, 3.05) is 32.8 Å². The monoisotopic (exact) mass is 515 g/mol. The molecule has 0 bridgehead atoms. The Morgan fingerprint density at radius 2 is 1.90 bits per heavy atom. The van der Waals surface area contributed by atoms with Gasteiger partial charge in [-0.15, -0.1) is 24.0 Å². The summed E-state index contributed by atoms with van der Waals surface area (Å²) in [5.74, 6) is 1.03. The van der Waals surface area contributed by atoms with Crippen LogP contribution in [-0.2, 0) is 22.4 Å². The van der Waals surface area contributed by atoms with Crippen molar-refractivity contribution >= 4 is 29.9 Å². The van der Waals surface area contributed by atoms with Gasteiger partial charge < -0.3 is 19.7 Å². The van der Waals surface area contributed by atoms with Gasteiger partial charge in [-0.2, -0.15) is 0 Å². The number of halogens is 1. The first-order chi connectivity index (χ1) is 13.8. The van der Waals surface area contributed by atoms with Crippen LogP contribution in [-0.4, -0.2) is 55.9 Å². The summed E-state index contributed by atoms with van der Waals surface area (Å²) >= 11 is 0. The molecule has 29 heavy (non-hydrogen) atoms. The molecule has 2 heterocycles. The molecule has 0 aliphatic carbocycles. The van der Waals surface area contributed by atoms with E-state index in [-0.39, 0.29) is 24.0 Å². The largest absolute Gasteiger partial charge is 0.376 e. The van der Waals surface area contributed by atoms with E-state index >= 15 is 0 Å². The Bertz CT molecular complexity index is 612. The minimum Gasteiger partial charge on any atom is -0.376 e. The lowest BCUT2D eigenvalue weighted by molar-refractivity contribution is -0.0721. The number of rotatable bonds is 7. The number of aliphatic imine (C=N–C) groups is 1. The van der Waals surface area contributed by atoms with Gasteiger partial charge in [0.2, 0.25) is 0 Å². The molecule has 0 radical (unpaired) electrons. The van der Waals surface area contributed by atoms with Crippen LogP contribution in [0.4, 0.5) is 0 Å². The van der Waals surface area contributed by atoms with E-state index < -0.39 is 0 Å². The maximum atomic E-state index is 6.16. The normalized spacial score (nSPS) is 21.0. The Kier molecular flexibility index (Phi) is 11.3. The van der Waals surface area contributed by atoms with Crippen molar-refractivity contribution in [3.05, 3.63) is 35.4 Å². The highest BCUT2D eigenvalue weighted by Gasteiger charge is 2.23. The molecule has 3 rings (SSSR count). The van der Waals surface area contributed by atoms with Gasteiger partial charge in [0.15, 0.2) is 5.96 Å². The molecule has 0 aromatic heterocycles. The van der Waals surface area contributed by atoms with E-state index in [0.29, 0.717) is 12.2 Å². The van der Waals surface area contributed by atoms with E-state index in [4.69, 9.17) is 14.5 Å². The first-order valence-corrected chi connectivity index (χ1v) is 11.1. The number of guanidine groups is 1. The quantitative estimate of drug-likeness (QED) is 0.333. The van der Waals surface area contributed by atoms with Gasteiger partial charge in [0, 0.05) is 26.2 Å². The third kappa shape index (κ3) is 7.72. The van der Waals surface area contributed by atoms with Crippen molar-refractivity contribution in [3.63, 3.8) is 0 Å². The Labute approximate surface area is 193 Å². The van der Waals surface area contributed by atoms with Gasteiger partial charge in [-0.05, 0) is 56.6 Å². The fourth-order valence-corrected chi connectivity index (χ4v) is 4.06. The lowest BCUT2D eigenvalue weighted by Gasteiger charge is -2.35. The van der Waals surface area contributed by atoms with Gasteiger partial charge in [0.05, 0.1) is 25.4 Å². The van der Waals surface area contributed by atoms with Crippen LogP contribution in [0.25, 0.3) is 0 Å². The summed E-state index contributed by atoms with van der Waals surface area (Å²) in [6.45, 7) is 9.62. The number of hydrogen-bond donors (Lipinski definition) is 1. The average molecular weight is 515 g/mol. The number of nitrogens with one attached hydrogen (secondary N) is 1. The van der Waals surface area contributed by atoms with Gasteiger partial charge in [-0.1, -0.05) is 31.2 Å². The van der Waals surface area contributed by atoms with E-state index in [0.717, 1.165) is 71.0 Å². The lowest BCUT2D eigenvalue weighted by atomic mass is 10.1. The zero-order chi connectivity index (χ0) is 19.6. The molecule has 0 amide bonds. The molecule has 2 saturated heterocycles. The molecule has 5 nitrogen and oxygen atoms in total. The second-order valence-electron chi connectivity index (χ2n) is 7.80. The molecule has 2 aliphatic rings. The zero-order valence-corrected chi connectivity index (χ0v) is 20.4. The second-order valence-corrected chi connectivity index (χ2v) is 7.80. The first kappa shape index (κ1) is 24.4. The highest BCUT2D eigenvalue weighted by Crippen LogP contribution is 2.18. The van der Waals surface area contributed by atoms with Crippen molar-refractivity contribution in [1.82, 2.24) is 10.2 Å². The fourth-order valence-electron chi connectivity index (χ4n) is 4.06. The summed E-state index contributed by atoms with van der Waals surface area (Å²) in [6, 6.07) is 8.62. The van der Waals surface area contributed by atoms with Crippen LogP contribution >= 0.6 is 24.0 Å². The summed E-state index contributed by atoms with van der Waals surface area (Å²) in [6.07, 6.45) is 7.45. The molecule has 1 unspecified atom stereocenters. The molecule has 164 valence electrons. The van der Waals surface area contributed by atoms with E-state index in [1.165, 1.54) is 24.0 Å². The number of ether oxygens (including phenoxy) is 2. The zero-order valence-electron chi connectivity index (χ0n) is 18.1. The van der Waals surface area contributed by atoms with Gasteiger partial charge in [-0.3, -0.25) is 0 Å². The van der Waals surface area contributed by atoms with Crippen molar-refractivity contribution in [2.45, 2.75) is 71.1 Å². The molecular weight excluding hydrogens is 477 g/mol. The SMILES string of the molecule is CCNC(=NCc1ccccc1CC)N1CCC(OCC2CCCCO2)CC1.I. The first-order valence-electron chi connectivity index (χ1n) is 11.1. The topological polar surface area (TPSA) is 46.1 Å². The van der Waals surface area contributed by atoms with Crippen LogP contribution in [0.5, 0.6) is 0 Å². The Hall–Kier alpha value is -0.860. The van der Waals surface area contributed by atoms with Crippen LogP contribution in [0, 0.1) is 0 Å². The molecule has 1 aromatic rings. The highest BCUT2D eigenvalue weighted by atomic mass is 127. The maximum Gasteiger partial charge on any atom is 0.194 e. The van der Waals surface area contributed by atoms with Crippen molar-refractivity contribution in [3.8, 4) is 0 Å². The number of piperidine rings is 1. The Morgan fingerprint density at radius 1 is 1.14 bits per heavy atom. The minimum absolute atomic E-state index is 0. The Morgan fingerprint density at radius 3 is 2.55 bits per heavy atom. The molecule has 1 aromatic carbocycles. The van der Waals surface area contributed by atoms with E-state index in [1.54, 1.807) is 0 Å². The number of aryl methyl sites for hydroxylation is 1. The molecule has 0 saturated carbocycles. The maximum absolute atomic E-state index is 6.16. The van der Waals surface area contributed by atoms with E-state index in [1.807, 2.05) is 0 Å². The highest BCUT2D eigenvalue weighted by molar-refractivity contribution is 14.0. The van der Waals surface area contributed by atoms with Gasteiger partial charge in [-0.25, -0.2) is 4.99 Å². The van der Waals surface area contributed by atoms with Gasteiger partial charge >= 0.3 is 0 Å². The molecule has 6 heteroatoms. The van der Waals surface area contributed by atoms with Crippen LogP contribution in [0.1, 0.15) is 57.1 Å². The average Bonchev–Trinajstić information content (AvgIpc) is 2.76. The van der Waals surface area contributed by atoms with E-state index in [9.17, 15) is 0 Å². The predicted octanol–water partition coefficient (Wildman–Crippen LogP) is 4.38. The molecule has 0 spiro atoms. The van der Waals surface area contributed by atoms with Crippen LogP contribution in [0.15, 0.2) is 29.3 Å². The van der Waals surface area contributed by atoms with Gasteiger partial charge in [0.25, 0.3) is 0 Å². The molecule has 1 atom stereocenters. The third-order valence-electron chi connectivity index (χ3n) is 5.77. The van der Waals surface area contributed by atoms with Gasteiger partial charge in [0.1, 0.15) is 0 Å². The number of hydrogen-bond acceptors (Lipinski definition) is 3. The number of benzene rings is 1. The van der Waals surface area contributed by atoms with Crippen molar-refractivity contribution in [2.24, 2.45) is 4.99 Å². The summed E-state index contributed by atoms with van der Waals surface area (Å²) in [5.41, 5.74) is 2.71. The molecule has 2 aliphatic heterocycles. The standard InChI is InChI=1S/C23H37N3O2.HI/c1-3-19-9-5-6-10-20(19)17-25-23(24-4-2)26-14-12-21(13-15-26)28-18-22-11-7-8-16-27-22;/h5-6,9-10,21-22H,3-4,7-8,11-18H2,1-2H3,(H,24,25);1H. The number of nitrogens with zero attached hydrogens (tertiary/aromatic N) is 2. The smallest absolute Gasteiger partial charge is 0.194 e. The summed E-state index contributed by atoms with van der Waals surface area (Å²) in [4.78, 5) is 7.32. The lowest BCUT2D eigenvalue weighted by Crippen LogP contribution is -2.47. The minimum atomic E-state index is 0. The fraction of sp³-hybridized carbons (Fsp3) is 0.696. The predicted molar refractivity (Wildman–Crippen MR) is 130 cm³/mol.